The number of carboxylic acids is 1. The van der Waals surface area contributed by atoms with Gasteiger partial charge in [0.2, 0.25) is 5.91 Å². The van der Waals surface area contributed by atoms with Gasteiger partial charge in [0.1, 0.15) is 0 Å². The van der Waals surface area contributed by atoms with Crippen LogP contribution in [0.1, 0.15) is 26.7 Å². The van der Waals surface area contributed by atoms with Crippen molar-refractivity contribution in [3.05, 3.63) is 12.2 Å². The highest BCUT2D eigenvalue weighted by atomic mass is 16.4. The molecule has 1 unspecified atom stereocenters. The van der Waals surface area contributed by atoms with Gasteiger partial charge in [-0.05, 0) is 12.8 Å². The molecular weight excluding hydrogens is 182 g/mol. The fraction of sp³-hybridized carbons (Fsp3) is 0.600. The first-order valence-corrected chi connectivity index (χ1v) is 4.54. The predicted molar refractivity (Wildman–Crippen MR) is 53.9 cm³/mol. The smallest absolute Gasteiger partial charge is 0.303 e. The predicted octanol–water partition coefficient (Wildman–Crippen LogP) is 1.18. The number of amides is 1. The van der Waals surface area contributed by atoms with Crippen molar-refractivity contribution in [3.8, 4) is 0 Å². The second-order valence-electron chi connectivity index (χ2n) is 3.64. The fourth-order valence-electron chi connectivity index (χ4n) is 1.01. The summed E-state index contributed by atoms with van der Waals surface area (Å²) >= 11 is 0. The van der Waals surface area contributed by atoms with Crippen molar-refractivity contribution in [1.82, 2.24) is 5.32 Å². The van der Waals surface area contributed by atoms with Gasteiger partial charge in [0.05, 0.1) is 0 Å². The maximum Gasteiger partial charge on any atom is 0.303 e. The Kier molecular flexibility index (Phi) is 5.60. The molecule has 4 nitrogen and oxygen atoms in total. The molecule has 0 aliphatic carbocycles. The Balaban J connectivity index is 3.71. The largest absolute Gasteiger partial charge is 0.481 e. The summed E-state index contributed by atoms with van der Waals surface area (Å²) in [5.74, 6) is -1.12. The first-order chi connectivity index (χ1) is 6.41. The summed E-state index contributed by atoms with van der Waals surface area (Å²) in [7, 11) is 0. The van der Waals surface area contributed by atoms with Gasteiger partial charge in [0.15, 0.2) is 0 Å². The lowest BCUT2D eigenvalue weighted by molar-refractivity contribution is -0.138. The van der Waals surface area contributed by atoms with Crippen LogP contribution in [-0.4, -0.2) is 23.5 Å². The highest BCUT2D eigenvalue weighted by Crippen LogP contribution is 2.06. The van der Waals surface area contributed by atoms with E-state index in [4.69, 9.17) is 5.11 Å². The molecule has 0 fully saturated rings. The molecule has 0 heterocycles. The van der Waals surface area contributed by atoms with Crippen molar-refractivity contribution < 1.29 is 14.7 Å². The lowest BCUT2D eigenvalue weighted by atomic mass is 10.0. The van der Waals surface area contributed by atoms with Crippen LogP contribution in [0.3, 0.4) is 0 Å². The number of carboxylic acid groups (broad SMARTS) is 1. The molecule has 0 saturated heterocycles. The van der Waals surface area contributed by atoms with E-state index in [9.17, 15) is 9.59 Å². The Morgan fingerprint density at radius 2 is 2.00 bits per heavy atom. The molecule has 0 aromatic carbocycles. The minimum atomic E-state index is -0.870. The first kappa shape index (κ1) is 12.7. The molecule has 1 amide bonds. The number of hydrogen-bond donors (Lipinski definition) is 2. The highest BCUT2D eigenvalue weighted by Gasteiger charge is 2.11. The standard InChI is InChI=1S/C10H17NO3/c1-7(2)6-11-9(12)4-8(3)5-10(13)14/h8H,1,4-6H2,2-3H3,(H,11,12)(H,13,14). The van der Waals surface area contributed by atoms with Gasteiger partial charge >= 0.3 is 5.97 Å². The summed E-state index contributed by atoms with van der Waals surface area (Å²) in [5.41, 5.74) is 0.879. The number of hydrogen-bond acceptors (Lipinski definition) is 2. The second kappa shape index (κ2) is 6.18. The third-order valence-electron chi connectivity index (χ3n) is 1.64. The van der Waals surface area contributed by atoms with Crippen LogP contribution in [0.25, 0.3) is 0 Å². The molecule has 0 bridgehead atoms. The van der Waals surface area contributed by atoms with Crippen molar-refractivity contribution in [2.24, 2.45) is 5.92 Å². The van der Waals surface area contributed by atoms with E-state index >= 15 is 0 Å². The van der Waals surface area contributed by atoms with Crippen LogP contribution in [-0.2, 0) is 9.59 Å². The monoisotopic (exact) mass is 199 g/mol. The SMILES string of the molecule is C=C(C)CNC(=O)CC(C)CC(=O)O. The van der Waals surface area contributed by atoms with Gasteiger partial charge in [-0.25, -0.2) is 0 Å². The van der Waals surface area contributed by atoms with Crippen molar-refractivity contribution >= 4 is 11.9 Å². The quantitative estimate of drug-likeness (QED) is 0.631. The molecule has 1 atom stereocenters. The molecule has 0 aromatic rings. The van der Waals surface area contributed by atoms with Crippen LogP contribution in [0.2, 0.25) is 0 Å². The van der Waals surface area contributed by atoms with Crippen LogP contribution in [0.4, 0.5) is 0 Å². The molecule has 80 valence electrons. The Morgan fingerprint density at radius 1 is 1.43 bits per heavy atom. The summed E-state index contributed by atoms with van der Waals surface area (Å²) < 4.78 is 0. The average Bonchev–Trinajstić information content (AvgIpc) is 1.98. The zero-order valence-corrected chi connectivity index (χ0v) is 8.67. The maximum absolute atomic E-state index is 11.2. The number of carbonyl (C=O) groups excluding carboxylic acids is 1. The minimum absolute atomic E-state index is 0.0283. The molecule has 0 aliphatic heterocycles. The van der Waals surface area contributed by atoms with Crippen LogP contribution < -0.4 is 5.32 Å². The lowest BCUT2D eigenvalue weighted by Crippen LogP contribution is -2.26. The maximum atomic E-state index is 11.2. The zero-order chi connectivity index (χ0) is 11.1. The number of nitrogens with one attached hydrogen (secondary N) is 1. The van der Waals surface area contributed by atoms with E-state index in [1.807, 2.05) is 6.92 Å². The first-order valence-electron chi connectivity index (χ1n) is 4.54. The van der Waals surface area contributed by atoms with E-state index in [-0.39, 0.29) is 24.7 Å². The van der Waals surface area contributed by atoms with Crippen LogP contribution in [0, 0.1) is 5.92 Å². The van der Waals surface area contributed by atoms with Crippen molar-refractivity contribution in [2.45, 2.75) is 26.7 Å². The van der Waals surface area contributed by atoms with Gasteiger partial charge in [-0.15, -0.1) is 0 Å². The summed E-state index contributed by atoms with van der Waals surface area (Å²) in [6, 6.07) is 0. The minimum Gasteiger partial charge on any atom is -0.481 e. The van der Waals surface area contributed by atoms with E-state index in [2.05, 4.69) is 11.9 Å². The second-order valence-corrected chi connectivity index (χ2v) is 3.64. The molecule has 0 saturated carbocycles. The summed E-state index contributed by atoms with van der Waals surface area (Å²) in [6.07, 6.45) is 0.278. The van der Waals surface area contributed by atoms with E-state index in [0.29, 0.717) is 6.54 Å². The topological polar surface area (TPSA) is 66.4 Å². The van der Waals surface area contributed by atoms with Gasteiger partial charge in [-0.3, -0.25) is 9.59 Å². The Labute approximate surface area is 84.0 Å². The molecule has 14 heavy (non-hydrogen) atoms. The molecule has 2 N–H and O–H groups in total. The molecule has 0 radical (unpaired) electrons. The molecule has 0 aliphatic rings. The van der Waals surface area contributed by atoms with Gasteiger partial charge in [0.25, 0.3) is 0 Å². The van der Waals surface area contributed by atoms with Crippen LogP contribution in [0.5, 0.6) is 0 Å². The van der Waals surface area contributed by atoms with E-state index in [1.165, 1.54) is 0 Å². The summed E-state index contributed by atoms with van der Waals surface area (Å²) in [5, 5.41) is 11.1. The third kappa shape index (κ3) is 7.34. The molecule has 0 spiro atoms. The Hall–Kier alpha value is -1.32. The number of rotatable bonds is 6. The Bertz CT molecular complexity index is 236. The van der Waals surface area contributed by atoms with Gasteiger partial charge < -0.3 is 10.4 Å². The van der Waals surface area contributed by atoms with Crippen LogP contribution in [0.15, 0.2) is 12.2 Å². The van der Waals surface area contributed by atoms with Crippen molar-refractivity contribution in [1.29, 1.82) is 0 Å². The third-order valence-corrected chi connectivity index (χ3v) is 1.64. The summed E-state index contributed by atoms with van der Waals surface area (Å²) in [6.45, 7) is 7.67. The van der Waals surface area contributed by atoms with Gasteiger partial charge in [-0.2, -0.15) is 0 Å². The van der Waals surface area contributed by atoms with E-state index in [0.717, 1.165) is 5.57 Å². The number of aliphatic carboxylic acids is 1. The van der Waals surface area contributed by atoms with Gasteiger partial charge in [0, 0.05) is 19.4 Å². The van der Waals surface area contributed by atoms with E-state index in [1.54, 1.807) is 6.92 Å². The molecule has 0 aromatic heterocycles. The summed E-state index contributed by atoms with van der Waals surface area (Å²) in [4.78, 5) is 21.5. The normalized spacial score (nSPS) is 11.9. The highest BCUT2D eigenvalue weighted by molar-refractivity contribution is 5.77. The average molecular weight is 199 g/mol. The molecule has 0 rings (SSSR count). The van der Waals surface area contributed by atoms with E-state index < -0.39 is 5.97 Å². The van der Waals surface area contributed by atoms with Crippen LogP contribution >= 0.6 is 0 Å². The van der Waals surface area contributed by atoms with Crippen molar-refractivity contribution in [3.63, 3.8) is 0 Å². The van der Waals surface area contributed by atoms with Crippen molar-refractivity contribution in [2.75, 3.05) is 6.54 Å². The Morgan fingerprint density at radius 3 is 2.43 bits per heavy atom. The zero-order valence-electron chi connectivity index (χ0n) is 8.67. The molecular formula is C10H17NO3. The number of carbonyl (C=O) groups is 2. The van der Waals surface area contributed by atoms with Gasteiger partial charge in [-0.1, -0.05) is 19.1 Å². The fourth-order valence-corrected chi connectivity index (χ4v) is 1.01. The molecule has 4 heteroatoms. The lowest BCUT2D eigenvalue weighted by Gasteiger charge is -2.08.